The number of aromatic nitrogens is 1. The average Bonchev–Trinajstić information content (AvgIpc) is 3.44. The van der Waals surface area contributed by atoms with E-state index >= 15 is 0 Å². The van der Waals surface area contributed by atoms with Crippen LogP contribution in [-0.4, -0.2) is 68.5 Å². The van der Waals surface area contributed by atoms with Crippen molar-refractivity contribution in [3.05, 3.63) is 18.0 Å². The van der Waals surface area contributed by atoms with Gasteiger partial charge in [0, 0.05) is 45.8 Å². The Bertz CT molecular complexity index is 771. The fourth-order valence-electron chi connectivity index (χ4n) is 5.20. The molecule has 0 amide bonds. The Morgan fingerprint density at radius 1 is 1.29 bits per heavy atom. The highest BCUT2D eigenvalue weighted by atomic mass is 32.2. The lowest BCUT2D eigenvalue weighted by Gasteiger charge is -2.36. The highest BCUT2D eigenvalue weighted by Gasteiger charge is 2.39. The van der Waals surface area contributed by atoms with Gasteiger partial charge in [-0.1, -0.05) is 11.6 Å². The van der Waals surface area contributed by atoms with Crippen LogP contribution in [0.3, 0.4) is 0 Å². The molecule has 0 aromatic carbocycles. The Hall–Kier alpha value is -1.61. The maximum Gasteiger partial charge on any atom is 0.220 e. The molecule has 4 rings (SSSR count). The van der Waals surface area contributed by atoms with E-state index in [-0.39, 0.29) is 5.75 Å². The molecule has 0 radical (unpaired) electrons. The number of hydrogen-bond acceptors (Lipinski definition) is 5. The smallest absolute Gasteiger partial charge is 0.220 e. The molecule has 0 spiro atoms. The van der Waals surface area contributed by atoms with Gasteiger partial charge in [0.25, 0.3) is 0 Å². The van der Waals surface area contributed by atoms with Gasteiger partial charge in [0.05, 0.1) is 5.69 Å². The van der Waals surface area contributed by atoms with Gasteiger partial charge in [-0.05, 0) is 43.4 Å². The van der Waals surface area contributed by atoms with E-state index in [1.165, 1.54) is 38.4 Å². The molecule has 2 saturated carbocycles. The lowest BCUT2D eigenvalue weighted by molar-refractivity contribution is 0.258. The first-order valence-corrected chi connectivity index (χ1v) is 12.0. The third-order valence-corrected chi connectivity index (χ3v) is 8.46. The van der Waals surface area contributed by atoms with Crippen molar-refractivity contribution >= 4 is 16.0 Å². The van der Waals surface area contributed by atoms with Gasteiger partial charge in [0.2, 0.25) is 10.0 Å². The largest absolute Gasteiger partial charge is 0.364 e. The summed E-state index contributed by atoms with van der Waals surface area (Å²) in [4.78, 5) is 6.57. The summed E-state index contributed by atoms with van der Waals surface area (Å²) < 4.78 is 31.4. The van der Waals surface area contributed by atoms with Crippen LogP contribution >= 0.6 is 0 Å². The molecule has 2 aliphatic carbocycles. The van der Waals surface area contributed by atoms with E-state index in [9.17, 15) is 8.42 Å². The summed E-state index contributed by atoms with van der Waals surface area (Å²) in [5, 5.41) is 7.21. The van der Waals surface area contributed by atoms with Crippen molar-refractivity contribution in [2.75, 3.05) is 39.8 Å². The molecule has 156 valence electrons. The van der Waals surface area contributed by atoms with Crippen molar-refractivity contribution < 1.29 is 12.9 Å². The first-order valence-electron chi connectivity index (χ1n) is 10.4. The first-order chi connectivity index (χ1) is 13.5. The average molecular weight is 410 g/mol. The number of aliphatic imine (C=N–C) groups is 1. The molecule has 9 heteroatoms. The summed E-state index contributed by atoms with van der Waals surface area (Å²) >= 11 is 0. The molecular formula is C19H31N5O3S. The molecule has 2 bridgehead atoms. The molecule has 1 saturated heterocycles. The van der Waals surface area contributed by atoms with Crippen LogP contribution in [0.25, 0.3) is 0 Å². The molecule has 1 aromatic heterocycles. The minimum atomic E-state index is -3.37. The maximum atomic E-state index is 12.6. The summed E-state index contributed by atoms with van der Waals surface area (Å²) in [7, 11) is -1.57. The van der Waals surface area contributed by atoms with Gasteiger partial charge in [-0.25, -0.2) is 8.42 Å². The highest BCUT2D eigenvalue weighted by molar-refractivity contribution is 7.88. The van der Waals surface area contributed by atoms with E-state index in [4.69, 9.17) is 4.52 Å². The predicted molar refractivity (Wildman–Crippen MR) is 107 cm³/mol. The van der Waals surface area contributed by atoms with Crippen LogP contribution in [0.4, 0.5) is 0 Å². The Morgan fingerprint density at radius 3 is 2.71 bits per heavy atom. The number of nitrogens with zero attached hydrogens (tertiary/aromatic N) is 4. The van der Waals surface area contributed by atoms with Crippen molar-refractivity contribution in [2.45, 2.75) is 37.9 Å². The van der Waals surface area contributed by atoms with Crippen LogP contribution in [0.15, 0.2) is 21.8 Å². The van der Waals surface area contributed by atoms with E-state index < -0.39 is 10.0 Å². The topological polar surface area (TPSA) is 91.0 Å². The molecule has 28 heavy (non-hydrogen) atoms. The Kier molecular flexibility index (Phi) is 5.91. The second kappa shape index (κ2) is 8.41. The summed E-state index contributed by atoms with van der Waals surface area (Å²) in [6.45, 7) is 3.17. The predicted octanol–water partition coefficient (Wildman–Crippen LogP) is 1.52. The highest BCUT2D eigenvalue weighted by Crippen LogP contribution is 2.49. The molecule has 8 nitrogen and oxygen atoms in total. The quantitative estimate of drug-likeness (QED) is 0.566. The van der Waals surface area contributed by atoms with Crippen molar-refractivity contribution in [1.82, 2.24) is 19.7 Å². The Balaban J connectivity index is 1.23. The van der Waals surface area contributed by atoms with Gasteiger partial charge in [0.1, 0.15) is 12.0 Å². The van der Waals surface area contributed by atoms with Gasteiger partial charge in [-0.3, -0.25) is 4.99 Å². The zero-order valence-electron chi connectivity index (χ0n) is 16.6. The normalized spacial score (nSPS) is 28.8. The van der Waals surface area contributed by atoms with Crippen LogP contribution in [-0.2, 0) is 15.8 Å². The molecule has 3 atom stereocenters. The number of nitrogens with one attached hydrogen (secondary N) is 1. The SMILES string of the molecule is CN=C(NCCC1CC2CCC1C2)N1CCN(S(=O)(=O)Cc2ccon2)CC1. The lowest BCUT2D eigenvalue weighted by Crippen LogP contribution is -2.54. The molecule has 1 aliphatic heterocycles. The fourth-order valence-corrected chi connectivity index (χ4v) is 6.62. The van der Waals surface area contributed by atoms with E-state index in [0.717, 1.165) is 30.3 Å². The minimum absolute atomic E-state index is 0.111. The molecule has 3 unspecified atom stereocenters. The van der Waals surface area contributed by atoms with Gasteiger partial charge < -0.3 is 14.7 Å². The Morgan fingerprint density at radius 2 is 2.11 bits per heavy atom. The van der Waals surface area contributed by atoms with Crippen molar-refractivity contribution in [1.29, 1.82) is 0 Å². The molecule has 1 aromatic rings. The van der Waals surface area contributed by atoms with Gasteiger partial charge in [-0.2, -0.15) is 4.31 Å². The standard InChI is InChI=1S/C19H31N5O3S/c1-20-19(21-6-4-17-13-15-2-3-16(17)12-15)23-7-9-24(10-8-23)28(25,26)14-18-5-11-27-22-18/h5,11,15-17H,2-4,6-10,12-14H2,1H3,(H,20,21). The number of rotatable bonds is 6. The Labute approximate surface area is 167 Å². The van der Waals surface area contributed by atoms with Crippen LogP contribution in [0.5, 0.6) is 0 Å². The number of fused-ring (bicyclic) bond motifs is 2. The number of sulfonamides is 1. The maximum absolute atomic E-state index is 12.6. The number of guanidine groups is 1. The van der Waals surface area contributed by atoms with Crippen LogP contribution in [0.1, 0.15) is 37.8 Å². The molecule has 3 aliphatic rings. The van der Waals surface area contributed by atoms with Crippen molar-refractivity contribution in [3.8, 4) is 0 Å². The number of hydrogen-bond donors (Lipinski definition) is 1. The summed E-state index contributed by atoms with van der Waals surface area (Å²) in [5.74, 6) is 3.59. The van der Waals surface area contributed by atoms with E-state index in [2.05, 4.69) is 20.4 Å². The summed E-state index contributed by atoms with van der Waals surface area (Å²) in [5.41, 5.74) is 0.445. The van der Waals surface area contributed by atoms with E-state index in [1.807, 2.05) is 0 Å². The molecule has 3 fully saturated rings. The van der Waals surface area contributed by atoms with Crippen LogP contribution in [0, 0.1) is 17.8 Å². The first kappa shape index (κ1) is 19.7. The van der Waals surface area contributed by atoms with E-state index in [1.54, 1.807) is 17.4 Å². The van der Waals surface area contributed by atoms with Crippen molar-refractivity contribution in [2.24, 2.45) is 22.7 Å². The van der Waals surface area contributed by atoms with E-state index in [0.29, 0.717) is 31.9 Å². The fraction of sp³-hybridized carbons (Fsp3) is 0.789. The zero-order valence-corrected chi connectivity index (χ0v) is 17.4. The zero-order chi connectivity index (χ0) is 19.6. The third kappa shape index (κ3) is 4.35. The van der Waals surface area contributed by atoms with Crippen LogP contribution < -0.4 is 5.32 Å². The second-order valence-corrected chi connectivity index (χ2v) is 10.3. The monoisotopic (exact) mass is 409 g/mol. The minimum Gasteiger partial charge on any atom is -0.364 e. The van der Waals surface area contributed by atoms with Gasteiger partial charge in [0.15, 0.2) is 5.96 Å². The number of piperazine rings is 1. The van der Waals surface area contributed by atoms with Gasteiger partial charge in [-0.15, -0.1) is 0 Å². The van der Waals surface area contributed by atoms with Crippen molar-refractivity contribution in [3.63, 3.8) is 0 Å². The van der Waals surface area contributed by atoms with Crippen LogP contribution in [0.2, 0.25) is 0 Å². The molecule has 1 N–H and O–H groups in total. The van der Waals surface area contributed by atoms with Gasteiger partial charge >= 0.3 is 0 Å². The summed E-state index contributed by atoms with van der Waals surface area (Å²) in [6, 6.07) is 1.59. The lowest BCUT2D eigenvalue weighted by atomic mass is 9.86. The third-order valence-electron chi connectivity index (χ3n) is 6.65. The molecular weight excluding hydrogens is 378 g/mol. The second-order valence-electron chi connectivity index (χ2n) is 8.33. The molecule has 2 heterocycles. The summed E-state index contributed by atoms with van der Waals surface area (Å²) in [6.07, 6.45) is 8.34.